The number of H-pyrrole nitrogens is 1. The largest absolute Gasteiger partial charge is 0.347 e. The molecule has 1 unspecified atom stereocenters. The van der Waals surface area contributed by atoms with Gasteiger partial charge in [0.15, 0.2) is 0 Å². The van der Waals surface area contributed by atoms with Gasteiger partial charge in [-0.3, -0.25) is 14.7 Å². The van der Waals surface area contributed by atoms with Gasteiger partial charge in [-0.25, -0.2) is 0 Å². The van der Waals surface area contributed by atoms with Crippen molar-refractivity contribution in [3.8, 4) is 0 Å². The number of likely N-dealkylation sites (tertiary alicyclic amines) is 1. The predicted molar refractivity (Wildman–Crippen MR) is 82.4 cm³/mol. The smallest absolute Gasteiger partial charge is 0.255 e. The Bertz CT molecular complexity index is 548. The van der Waals surface area contributed by atoms with Gasteiger partial charge in [0.25, 0.3) is 5.91 Å². The van der Waals surface area contributed by atoms with Crippen molar-refractivity contribution in [1.29, 1.82) is 0 Å². The van der Waals surface area contributed by atoms with Crippen LogP contribution in [0, 0.1) is 12.8 Å². The Labute approximate surface area is 130 Å². The standard InChI is InChI=1S/C16H24N4O2/c1-11-14(9-17-19-11)15(21)18-13-7-8-20(10-13)16(22)12-5-3-2-4-6-12/h9,12-13H,2-8,10H2,1H3,(H,17,19)(H,18,21). The number of nitrogens with one attached hydrogen (secondary N) is 2. The van der Waals surface area contributed by atoms with Crippen LogP contribution in [-0.4, -0.2) is 46.0 Å². The fourth-order valence-corrected chi connectivity index (χ4v) is 3.53. The van der Waals surface area contributed by atoms with Crippen LogP contribution in [-0.2, 0) is 4.79 Å². The zero-order valence-corrected chi connectivity index (χ0v) is 13.1. The van der Waals surface area contributed by atoms with Crippen molar-refractivity contribution in [2.24, 2.45) is 5.92 Å². The van der Waals surface area contributed by atoms with Gasteiger partial charge in [0.1, 0.15) is 0 Å². The van der Waals surface area contributed by atoms with Crippen LogP contribution in [0.1, 0.15) is 54.6 Å². The fraction of sp³-hybridized carbons (Fsp3) is 0.688. The Balaban J connectivity index is 1.52. The van der Waals surface area contributed by atoms with Gasteiger partial charge in [0, 0.05) is 30.7 Å². The Morgan fingerprint density at radius 2 is 2.05 bits per heavy atom. The van der Waals surface area contributed by atoms with E-state index < -0.39 is 0 Å². The van der Waals surface area contributed by atoms with E-state index >= 15 is 0 Å². The van der Waals surface area contributed by atoms with Gasteiger partial charge in [0.2, 0.25) is 5.91 Å². The molecule has 1 aromatic heterocycles. The summed E-state index contributed by atoms with van der Waals surface area (Å²) in [5.41, 5.74) is 1.35. The zero-order valence-electron chi connectivity index (χ0n) is 13.1. The van der Waals surface area contributed by atoms with Crippen molar-refractivity contribution >= 4 is 11.8 Å². The number of aryl methyl sites for hydroxylation is 1. The zero-order chi connectivity index (χ0) is 15.5. The summed E-state index contributed by atoms with van der Waals surface area (Å²) in [5.74, 6) is 0.387. The van der Waals surface area contributed by atoms with Crippen LogP contribution in [0.15, 0.2) is 6.20 Å². The maximum absolute atomic E-state index is 12.5. The number of carbonyl (C=O) groups excluding carboxylic acids is 2. The molecule has 22 heavy (non-hydrogen) atoms. The maximum Gasteiger partial charge on any atom is 0.255 e. The van der Waals surface area contributed by atoms with Crippen molar-refractivity contribution < 1.29 is 9.59 Å². The van der Waals surface area contributed by atoms with E-state index in [9.17, 15) is 9.59 Å². The third-order valence-electron chi connectivity index (χ3n) is 4.86. The third kappa shape index (κ3) is 3.15. The summed E-state index contributed by atoms with van der Waals surface area (Å²) >= 11 is 0. The Morgan fingerprint density at radius 3 is 2.73 bits per heavy atom. The monoisotopic (exact) mass is 304 g/mol. The van der Waals surface area contributed by atoms with Crippen LogP contribution >= 0.6 is 0 Å². The van der Waals surface area contributed by atoms with E-state index in [-0.39, 0.29) is 23.8 Å². The minimum absolute atomic E-state index is 0.0503. The van der Waals surface area contributed by atoms with E-state index in [1.807, 2.05) is 11.8 Å². The second kappa shape index (κ2) is 6.50. The van der Waals surface area contributed by atoms with Gasteiger partial charge >= 0.3 is 0 Å². The summed E-state index contributed by atoms with van der Waals surface area (Å²) in [7, 11) is 0. The molecule has 3 rings (SSSR count). The molecule has 0 aromatic carbocycles. The summed E-state index contributed by atoms with van der Waals surface area (Å²) in [6.07, 6.45) is 8.04. The second-order valence-electron chi connectivity index (χ2n) is 6.49. The average Bonchev–Trinajstić information content (AvgIpc) is 3.16. The van der Waals surface area contributed by atoms with Crippen molar-refractivity contribution in [3.63, 3.8) is 0 Å². The van der Waals surface area contributed by atoms with Crippen molar-refractivity contribution in [2.45, 2.75) is 51.5 Å². The van der Waals surface area contributed by atoms with E-state index in [0.717, 1.165) is 31.5 Å². The molecule has 2 amide bonds. The highest BCUT2D eigenvalue weighted by atomic mass is 16.2. The molecule has 2 aliphatic rings. The molecule has 6 heteroatoms. The van der Waals surface area contributed by atoms with Gasteiger partial charge in [-0.15, -0.1) is 0 Å². The summed E-state index contributed by atoms with van der Waals surface area (Å²) in [5, 5.41) is 9.66. The number of amides is 2. The highest BCUT2D eigenvalue weighted by Gasteiger charge is 2.32. The van der Waals surface area contributed by atoms with Crippen LogP contribution in [0.2, 0.25) is 0 Å². The molecule has 1 atom stereocenters. The molecule has 0 radical (unpaired) electrons. The third-order valence-corrected chi connectivity index (χ3v) is 4.86. The summed E-state index contributed by atoms with van der Waals surface area (Å²) in [6, 6.07) is 0.0503. The fourth-order valence-electron chi connectivity index (χ4n) is 3.53. The van der Waals surface area contributed by atoms with Crippen molar-refractivity contribution in [1.82, 2.24) is 20.4 Å². The molecule has 1 aromatic rings. The van der Waals surface area contributed by atoms with Crippen LogP contribution in [0.5, 0.6) is 0 Å². The number of hydrogen-bond acceptors (Lipinski definition) is 3. The first-order valence-electron chi connectivity index (χ1n) is 8.25. The normalized spacial score (nSPS) is 22.8. The number of aromatic amines is 1. The first kappa shape index (κ1) is 15.1. The molecule has 2 N–H and O–H groups in total. The van der Waals surface area contributed by atoms with Crippen LogP contribution in [0.4, 0.5) is 0 Å². The molecule has 6 nitrogen and oxygen atoms in total. The predicted octanol–water partition coefficient (Wildman–Crippen LogP) is 1.63. The lowest BCUT2D eigenvalue weighted by Gasteiger charge is -2.26. The summed E-state index contributed by atoms with van der Waals surface area (Å²) in [4.78, 5) is 26.6. The minimum atomic E-state index is -0.108. The van der Waals surface area contributed by atoms with E-state index in [1.54, 1.807) is 6.20 Å². The molecular weight excluding hydrogens is 280 g/mol. The second-order valence-corrected chi connectivity index (χ2v) is 6.49. The van der Waals surface area contributed by atoms with E-state index in [0.29, 0.717) is 12.1 Å². The Kier molecular flexibility index (Phi) is 4.45. The lowest BCUT2D eigenvalue weighted by molar-refractivity contribution is -0.135. The number of nitrogens with zero attached hydrogens (tertiary/aromatic N) is 2. The Hall–Kier alpha value is -1.85. The highest BCUT2D eigenvalue weighted by molar-refractivity contribution is 5.95. The van der Waals surface area contributed by atoms with Gasteiger partial charge in [-0.05, 0) is 26.2 Å². The number of rotatable bonds is 3. The summed E-state index contributed by atoms with van der Waals surface area (Å²) in [6.45, 7) is 3.22. The number of hydrogen-bond donors (Lipinski definition) is 2. The molecule has 0 bridgehead atoms. The molecule has 1 aliphatic carbocycles. The van der Waals surface area contributed by atoms with Gasteiger partial charge in [-0.1, -0.05) is 19.3 Å². The average molecular weight is 304 g/mol. The highest BCUT2D eigenvalue weighted by Crippen LogP contribution is 2.26. The summed E-state index contributed by atoms with van der Waals surface area (Å²) < 4.78 is 0. The molecular formula is C16H24N4O2. The topological polar surface area (TPSA) is 78.1 Å². The van der Waals surface area contributed by atoms with Crippen molar-refractivity contribution in [3.05, 3.63) is 17.5 Å². The van der Waals surface area contributed by atoms with E-state index in [1.165, 1.54) is 19.3 Å². The molecule has 120 valence electrons. The SMILES string of the molecule is Cc1[nH]ncc1C(=O)NC1CCN(C(=O)C2CCCCC2)C1. The lowest BCUT2D eigenvalue weighted by atomic mass is 9.88. The van der Waals surface area contributed by atoms with E-state index in [2.05, 4.69) is 15.5 Å². The maximum atomic E-state index is 12.5. The van der Waals surface area contributed by atoms with Gasteiger partial charge < -0.3 is 10.2 Å². The van der Waals surface area contributed by atoms with Gasteiger partial charge in [0.05, 0.1) is 11.8 Å². The quantitative estimate of drug-likeness (QED) is 0.891. The first-order valence-corrected chi connectivity index (χ1v) is 8.25. The molecule has 2 heterocycles. The number of aromatic nitrogens is 2. The molecule has 1 aliphatic heterocycles. The molecule has 2 fully saturated rings. The molecule has 1 saturated heterocycles. The minimum Gasteiger partial charge on any atom is -0.347 e. The van der Waals surface area contributed by atoms with Gasteiger partial charge in [-0.2, -0.15) is 5.10 Å². The number of carbonyl (C=O) groups is 2. The Morgan fingerprint density at radius 1 is 1.27 bits per heavy atom. The van der Waals surface area contributed by atoms with Crippen molar-refractivity contribution in [2.75, 3.05) is 13.1 Å². The van der Waals surface area contributed by atoms with Crippen LogP contribution < -0.4 is 5.32 Å². The molecule has 0 spiro atoms. The first-order chi connectivity index (χ1) is 10.6. The van der Waals surface area contributed by atoms with Crippen LogP contribution in [0.3, 0.4) is 0 Å². The van der Waals surface area contributed by atoms with E-state index in [4.69, 9.17) is 0 Å². The molecule has 1 saturated carbocycles. The lowest BCUT2D eigenvalue weighted by Crippen LogP contribution is -2.40. The van der Waals surface area contributed by atoms with Crippen LogP contribution in [0.25, 0.3) is 0 Å².